The van der Waals surface area contributed by atoms with Crippen molar-refractivity contribution in [1.29, 1.82) is 0 Å². The van der Waals surface area contributed by atoms with Crippen molar-refractivity contribution in [3.8, 4) is 5.75 Å². The van der Waals surface area contributed by atoms with Gasteiger partial charge in [-0.25, -0.2) is 0 Å². The molecule has 3 N–H and O–H groups in total. The zero-order valence-corrected chi connectivity index (χ0v) is 20.1. The highest BCUT2D eigenvalue weighted by Crippen LogP contribution is 2.33. The van der Waals surface area contributed by atoms with Crippen molar-refractivity contribution in [2.24, 2.45) is 12.0 Å². The molecule has 0 radical (unpaired) electrons. The third-order valence-electron chi connectivity index (χ3n) is 6.01. The first-order chi connectivity index (χ1) is 17.8. The molecule has 1 aliphatic rings. The molecule has 2 heterocycles. The first-order valence-electron chi connectivity index (χ1n) is 11.5. The molecule has 9 heteroatoms. The molecule has 9 nitrogen and oxygen atoms in total. The fourth-order valence-corrected chi connectivity index (χ4v) is 4.23. The molecule has 0 saturated carbocycles. The lowest BCUT2D eigenvalue weighted by molar-refractivity contribution is -0.115. The van der Waals surface area contributed by atoms with E-state index >= 15 is 0 Å². The first kappa shape index (κ1) is 23.7. The van der Waals surface area contributed by atoms with Crippen LogP contribution in [0.4, 0.5) is 17.1 Å². The van der Waals surface area contributed by atoms with Crippen LogP contribution in [-0.4, -0.2) is 38.7 Å². The molecule has 4 aromatic rings. The normalized spacial score (nSPS) is 14.4. The van der Waals surface area contributed by atoms with E-state index in [-0.39, 0.29) is 23.3 Å². The van der Waals surface area contributed by atoms with Gasteiger partial charge >= 0.3 is 0 Å². The van der Waals surface area contributed by atoms with Gasteiger partial charge in [0.1, 0.15) is 17.4 Å². The molecule has 0 spiro atoms. The minimum Gasteiger partial charge on any atom is -0.508 e. The largest absolute Gasteiger partial charge is 0.508 e. The number of aryl methyl sites for hydroxylation is 2. The highest BCUT2D eigenvalue weighted by atomic mass is 16.3. The zero-order valence-electron chi connectivity index (χ0n) is 20.1. The van der Waals surface area contributed by atoms with Crippen molar-refractivity contribution >= 4 is 40.9 Å². The Labute approximate surface area is 212 Å². The average molecular weight is 494 g/mol. The molecule has 1 atom stereocenters. The summed E-state index contributed by atoms with van der Waals surface area (Å²) in [5, 5.41) is 19.4. The highest BCUT2D eigenvalue weighted by Gasteiger charge is 2.30. The summed E-state index contributed by atoms with van der Waals surface area (Å²) in [5.41, 5.74) is 4.18. The number of rotatable bonds is 6. The molecule has 1 aromatic heterocycles. The van der Waals surface area contributed by atoms with Crippen molar-refractivity contribution in [3.05, 3.63) is 101 Å². The third kappa shape index (κ3) is 4.87. The Morgan fingerprint density at radius 3 is 2.59 bits per heavy atom. The van der Waals surface area contributed by atoms with Crippen LogP contribution >= 0.6 is 0 Å². The van der Waals surface area contributed by atoms with E-state index in [4.69, 9.17) is 0 Å². The summed E-state index contributed by atoms with van der Waals surface area (Å²) in [7, 11) is 1.69. The Morgan fingerprint density at radius 1 is 1.05 bits per heavy atom. The van der Waals surface area contributed by atoms with E-state index in [2.05, 4.69) is 20.7 Å². The number of anilines is 2. The number of hydrogen-bond acceptors (Lipinski definition) is 6. The molecule has 2 amide bonds. The number of phenols is 1. The number of amides is 2. The van der Waals surface area contributed by atoms with Crippen LogP contribution in [0.15, 0.2) is 77.8 Å². The lowest BCUT2D eigenvalue weighted by atomic mass is 9.97. The second kappa shape index (κ2) is 9.54. The number of carbonyl (C=O) groups is 3. The van der Waals surface area contributed by atoms with E-state index < -0.39 is 5.92 Å². The number of phenolic OH excluding ortho intramolecular Hbond substituents is 1. The molecule has 3 aromatic carbocycles. The number of carbonyl (C=O) groups excluding carboxylic acids is 3. The molecular formula is C28H23N5O4. The van der Waals surface area contributed by atoms with Gasteiger partial charge in [-0.3, -0.25) is 24.1 Å². The lowest BCUT2D eigenvalue weighted by Crippen LogP contribution is -2.16. The van der Waals surface area contributed by atoms with Crippen LogP contribution < -0.4 is 10.6 Å². The fourth-order valence-electron chi connectivity index (χ4n) is 4.23. The number of nitrogens with one attached hydrogen (secondary N) is 2. The monoisotopic (exact) mass is 493 g/mol. The van der Waals surface area contributed by atoms with E-state index in [0.717, 1.165) is 5.69 Å². The quantitative estimate of drug-likeness (QED) is 0.272. The summed E-state index contributed by atoms with van der Waals surface area (Å²) in [6, 6.07) is 19.8. The standard InChI is InChI=1S/C28H23N5O4/c1-16-11-25(33(2)32-16)28(37)30-20-7-3-5-17(12-20)26(35)18-9-10-22-23(27(36)31-24(22)13-18)15-29-19-6-4-8-21(34)14-19/h3-15,23,34H,1-2H3,(H,30,37)(H,31,36). The van der Waals surface area contributed by atoms with Crippen molar-refractivity contribution < 1.29 is 19.5 Å². The Bertz CT molecular complexity index is 1590. The van der Waals surface area contributed by atoms with Crippen LogP contribution in [0.2, 0.25) is 0 Å². The van der Waals surface area contributed by atoms with E-state index in [9.17, 15) is 19.5 Å². The maximum absolute atomic E-state index is 13.2. The predicted molar refractivity (Wildman–Crippen MR) is 140 cm³/mol. The van der Waals surface area contributed by atoms with Gasteiger partial charge in [-0.05, 0) is 48.9 Å². The Kier molecular flexibility index (Phi) is 6.10. The number of hydrogen-bond donors (Lipinski definition) is 3. The van der Waals surface area contributed by atoms with E-state index in [1.165, 1.54) is 17.0 Å². The second-order valence-corrected chi connectivity index (χ2v) is 8.73. The number of fused-ring (bicyclic) bond motifs is 1. The van der Waals surface area contributed by atoms with Crippen LogP contribution in [0.5, 0.6) is 5.75 Å². The van der Waals surface area contributed by atoms with Gasteiger partial charge < -0.3 is 15.7 Å². The van der Waals surface area contributed by atoms with E-state index in [0.29, 0.717) is 39.4 Å². The minimum absolute atomic E-state index is 0.0878. The molecule has 0 bridgehead atoms. The molecule has 1 unspecified atom stereocenters. The Morgan fingerprint density at radius 2 is 1.84 bits per heavy atom. The maximum Gasteiger partial charge on any atom is 0.273 e. The van der Waals surface area contributed by atoms with Crippen molar-refractivity contribution in [1.82, 2.24) is 9.78 Å². The van der Waals surface area contributed by atoms with Gasteiger partial charge in [-0.1, -0.05) is 30.3 Å². The van der Waals surface area contributed by atoms with E-state index in [1.807, 2.05) is 0 Å². The van der Waals surface area contributed by atoms with Crippen molar-refractivity contribution in [3.63, 3.8) is 0 Å². The minimum atomic E-state index is -0.615. The number of ketones is 1. The van der Waals surface area contributed by atoms with Gasteiger partial charge in [0.25, 0.3) is 5.91 Å². The van der Waals surface area contributed by atoms with Crippen LogP contribution in [0, 0.1) is 6.92 Å². The van der Waals surface area contributed by atoms with Gasteiger partial charge in [-0.15, -0.1) is 0 Å². The topological polar surface area (TPSA) is 126 Å². The second-order valence-electron chi connectivity index (χ2n) is 8.73. The van der Waals surface area contributed by atoms with Gasteiger partial charge in [0, 0.05) is 41.8 Å². The highest BCUT2D eigenvalue weighted by molar-refractivity contribution is 6.15. The van der Waals surface area contributed by atoms with Gasteiger partial charge in [0.15, 0.2) is 5.78 Å². The molecule has 184 valence electrons. The van der Waals surface area contributed by atoms with Gasteiger partial charge in [0.05, 0.1) is 11.4 Å². The van der Waals surface area contributed by atoms with Crippen LogP contribution in [0.3, 0.4) is 0 Å². The summed E-state index contributed by atoms with van der Waals surface area (Å²) in [5.74, 6) is -1.35. The maximum atomic E-state index is 13.2. The Hall–Kier alpha value is -5.05. The molecule has 37 heavy (non-hydrogen) atoms. The molecule has 0 fully saturated rings. The Balaban J connectivity index is 1.34. The number of aromatic nitrogens is 2. The average Bonchev–Trinajstić information content (AvgIpc) is 3.38. The molecule has 0 saturated heterocycles. The van der Waals surface area contributed by atoms with Gasteiger partial charge in [0.2, 0.25) is 5.91 Å². The summed E-state index contributed by atoms with van der Waals surface area (Å²) in [6.07, 6.45) is 1.52. The molecule has 0 aliphatic carbocycles. The number of nitrogens with zero attached hydrogens (tertiary/aromatic N) is 3. The summed E-state index contributed by atoms with van der Waals surface area (Å²) in [6.45, 7) is 1.80. The molecule has 1 aliphatic heterocycles. The van der Waals surface area contributed by atoms with Crippen LogP contribution in [0.25, 0.3) is 0 Å². The summed E-state index contributed by atoms with van der Waals surface area (Å²) >= 11 is 0. The van der Waals surface area contributed by atoms with Crippen molar-refractivity contribution in [2.75, 3.05) is 10.6 Å². The number of benzene rings is 3. The molecule has 5 rings (SSSR count). The number of aromatic hydroxyl groups is 1. The third-order valence-corrected chi connectivity index (χ3v) is 6.01. The lowest BCUT2D eigenvalue weighted by Gasteiger charge is -2.09. The van der Waals surface area contributed by atoms with Gasteiger partial charge in [-0.2, -0.15) is 5.10 Å². The summed E-state index contributed by atoms with van der Waals surface area (Å²) < 4.78 is 1.50. The smallest absolute Gasteiger partial charge is 0.273 e. The fraction of sp³-hybridized carbons (Fsp3) is 0.107. The van der Waals surface area contributed by atoms with Crippen LogP contribution in [0.1, 0.15) is 43.6 Å². The van der Waals surface area contributed by atoms with Crippen molar-refractivity contribution in [2.45, 2.75) is 12.8 Å². The number of aliphatic imine (C=N–C) groups is 1. The first-order valence-corrected chi connectivity index (χ1v) is 11.5. The predicted octanol–water partition coefficient (Wildman–Crippen LogP) is 4.36. The SMILES string of the molecule is Cc1cc(C(=O)Nc2cccc(C(=O)c3ccc4c(c3)NC(=O)C4C=Nc3cccc(O)c3)c2)n(C)n1. The van der Waals surface area contributed by atoms with Crippen LogP contribution in [-0.2, 0) is 11.8 Å². The molecular weight excluding hydrogens is 470 g/mol. The summed E-state index contributed by atoms with van der Waals surface area (Å²) in [4.78, 5) is 42.7. The van der Waals surface area contributed by atoms with E-state index in [1.54, 1.807) is 80.7 Å². The zero-order chi connectivity index (χ0) is 26.1.